The second kappa shape index (κ2) is 4.81. The summed E-state index contributed by atoms with van der Waals surface area (Å²) in [5.41, 5.74) is 2.91. The Labute approximate surface area is 85.2 Å². The lowest BCUT2D eigenvalue weighted by Gasteiger charge is -2.13. The molecule has 0 atom stereocenters. The van der Waals surface area contributed by atoms with Gasteiger partial charge >= 0.3 is 0 Å². The fourth-order valence-corrected chi connectivity index (χ4v) is 1.57. The van der Waals surface area contributed by atoms with Crippen molar-refractivity contribution in [3.63, 3.8) is 0 Å². The molecule has 0 aliphatic heterocycles. The average Bonchev–Trinajstić information content (AvgIpc) is 2.26. The van der Waals surface area contributed by atoms with Gasteiger partial charge in [0.05, 0.1) is 6.67 Å². The van der Waals surface area contributed by atoms with Crippen LogP contribution in [-0.2, 0) is 6.42 Å². The molecule has 0 heterocycles. The van der Waals surface area contributed by atoms with Crippen LogP contribution in [0, 0.1) is 18.3 Å². The van der Waals surface area contributed by atoms with Crippen LogP contribution in [0.25, 0.3) is 0 Å². The largest absolute Gasteiger partial charge is 0.250 e. The van der Waals surface area contributed by atoms with E-state index in [0.29, 0.717) is 0 Å². The standard InChI is InChI=1S/C13H14F/c1-4-11-7-6-8-13(10(3)9-14)12(11)5-2/h1,6-8H,5,9H2,2-3H3. The summed E-state index contributed by atoms with van der Waals surface area (Å²) in [5.74, 6) is 3.38. The van der Waals surface area contributed by atoms with E-state index < -0.39 is 6.67 Å². The number of hydrogen-bond donors (Lipinski definition) is 0. The van der Waals surface area contributed by atoms with E-state index in [2.05, 4.69) is 5.92 Å². The molecule has 0 fully saturated rings. The summed E-state index contributed by atoms with van der Waals surface area (Å²) < 4.78 is 12.5. The highest BCUT2D eigenvalue weighted by Gasteiger charge is 2.11. The summed E-state index contributed by atoms with van der Waals surface area (Å²) in [4.78, 5) is 0. The molecule has 0 N–H and O–H groups in total. The van der Waals surface area contributed by atoms with Crippen LogP contribution < -0.4 is 0 Å². The number of halogens is 1. The van der Waals surface area contributed by atoms with Crippen molar-refractivity contribution >= 4 is 0 Å². The van der Waals surface area contributed by atoms with E-state index in [9.17, 15) is 4.39 Å². The van der Waals surface area contributed by atoms with Gasteiger partial charge in [0.2, 0.25) is 0 Å². The lowest BCUT2D eigenvalue weighted by Crippen LogP contribution is -2.03. The van der Waals surface area contributed by atoms with E-state index in [4.69, 9.17) is 6.42 Å². The predicted molar refractivity (Wildman–Crippen MR) is 57.7 cm³/mol. The first-order valence-corrected chi connectivity index (χ1v) is 4.71. The maximum absolute atomic E-state index is 12.5. The second-order valence-electron chi connectivity index (χ2n) is 3.24. The Morgan fingerprint density at radius 2 is 2.21 bits per heavy atom. The van der Waals surface area contributed by atoms with Crippen LogP contribution in [0.2, 0.25) is 0 Å². The summed E-state index contributed by atoms with van der Waals surface area (Å²) in [5, 5.41) is 0. The zero-order valence-electron chi connectivity index (χ0n) is 8.60. The first-order chi connectivity index (χ1) is 6.74. The quantitative estimate of drug-likeness (QED) is 0.641. The fourth-order valence-electron chi connectivity index (χ4n) is 1.57. The van der Waals surface area contributed by atoms with Gasteiger partial charge in [0.25, 0.3) is 0 Å². The van der Waals surface area contributed by atoms with Crippen LogP contribution in [0.5, 0.6) is 0 Å². The van der Waals surface area contributed by atoms with Crippen molar-refractivity contribution in [3.8, 4) is 12.3 Å². The highest BCUT2D eigenvalue weighted by molar-refractivity contribution is 5.49. The zero-order chi connectivity index (χ0) is 10.6. The first-order valence-electron chi connectivity index (χ1n) is 4.71. The van der Waals surface area contributed by atoms with Crippen molar-refractivity contribution in [1.29, 1.82) is 0 Å². The molecule has 0 aliphatic carbocycles. The lowest BCUT2D eigenvalue weighted by molar-refractivity contribution is 0.515. The van der Waals surface area contributed by atoms with Crippen molar-refractivity contribution in [2.75, 3.05) is 6.67 Å². The minimum Gasteiger partial charge on any atom is -0.250 e. The predicted octanol–water partition coefficient (Wildman–Crippen LogP) is 3.14. The molecule has 0 amide bonds. The molecular formula is C13H14F. The molecule has 0 saturated heterocycles. The van der Waals surface area contributed by atoms with Gasteiger partial charge in [0, 0.05) is 11.5 Å². The molecule has 1 heteroatoms. The summed E-state index contributed by atoms with van der Waals surface area (Å²) in [6, 6.07) is 5.70. The van der Waals surface area contributed by atoms with Crippen molar-refractivity contribution in [1.82, 2.24) is 0 Å². The average molecular weight is 189 g/mol. The minimum absolute atomic E-state index is 0.416. The Kier molecular flexibility index (Phi) is 3.71. The minimum atomic E-state index is -0.416. The fraction of sp³-hybridized carbons (Fsp3) is 0.308. The van der Waals surface area contributed by atoms with Crippen molar-refractivity contribution < 1.29 is 4.39 Å². The zero-order valence-corrected chi connectivity index (χ0v) is 8.60. The van der Waals surface area contributed by atoms with E-state index in [1.807, 2.05) is 25.1 Å². The highest BCUT2D eigenvalue weighted by Crippen LogP contribution is 2.22. The second-order valence-corrected chi connectivity index (χ2v) is 3.24. The molecule has 0 aromatic heterocycles. The number of rotatable bonds is 3. The van der Waals surface area contributed by atoms with E-state index in [1.54, 1.807) is 6.92 Å². The van der Waals surface area contributed by atoms with Crippen LogP contribution >= 0.6 is 0 Å². The van der Waals surface area contributed by atoms with E-state index in [1.165, 1.54) is 0 Å². The molecule has 0 nitrogen and oxygen atoms in total. The number of benzene rings is 1. The molecule has 1 aromatic carbocycles. The Hall–Kier alpha value is -1.29. The Bertz CT molecular complexity index is 347. The summed E-state index contributed by atoms with van der Waals surface area (Å²) >= 11 is 0. The van der Waals surface area contributed by atoms with Gasteiger partial charge < -0.3 is 0 Å². The molecule has 1 radical (unpaired) electrons. The van der Waals surface area contributed by atoms with Gasteiger partial charge in [0.1, 0.15) is 0 Å². The third kappa shape index (κ3) is 1.96. The number of terminal acetylenes is 1. The SMILES string of the molecule is C#Cc1cccc([C](C)CF)c1CC. The van der Waals surface area contributed by atoms with Crippen LogP contribution in [0.4, 0.5) is 4.39 Å². The molecule has 0 bridgehead atoms. The summed E-state index contributed by atoms with van der Waals surface area (Å²) in [6.45, 7) is 3.42. The molecule has 0 spiro atoms. The smallest absolute Gasteiger partial charge is 0.0997 e. The summed E-state index contributed by atoms with van der Waals surface area (Å²) in [7, 11) is 0. The molecule has 0 aliphatic rings. The Morgan fingerprint density at radius 1 is 1.50 bits per heavy atom. The normalized spacial score (nSPS) is 10.2. The molecule has 73 valence electrons. The van der Waals surface area contributed by atoms with Crippen LogP contribution in [0.1, 0.15) is 30.5 Å². The van der Waals surface area contributed by atoms with Gasteiger partial charge in [-0.3, -0.25) is 4.39 Å². The third-order valence-corrected chi connectivity index (χ3v) is 2.35. The maximum Gasteiger partial charge on any atom is 0.0997 e. The van der Waals surface area contributed by atoms with Gasteiger partial charge in [-0.2, -0.15) is 0 Å². The highest BCUT2D eigenvalue weighted by atomic mass is 19.1. The Morgan fingerprint density at radius 3 is 2.71 bits per heavy atom. The topological polar surface area (TPSA) is 0 Å². The van der Waals surface area contributed by atoms with Gasteiger partial charge in [-0.05, 0) is 23.6 Å². The molecule has 0 saturated carbocycles. The van der Waals surface area contributed by atoms with Crippen LogP contribution in [0.15, 0.2) is 18.2 Å². The number of alkyl halides is 1. The van der Waals surface area contributed by atoms with E-state index in [-0.39, 0.29) is 0 Å². The van der Waals surface area contributed by atoms with Gasteiger partial charge in [0.15, 0.2) is 0 Å². The third-order valence-electron chi connectivity index (χ3n) is 2.35. The van der Waals surface area contributed by atoms with Gasteiger partial charge in [-0.1, -0.05) is 31.9 Å². The first kappa shape index (κ1) is 10.8. The van der Waals surface area contributed by atoms with Crippen LogP contribution in [-0.4, -0.2) is 6.67 Å². The monoisotopic (exact) mass is 189 g/mol. The molecule has 0 unspecified atom stereocenters. The number of hydrogen-bond acceptors (Lipinski definition) is 0. The molecular weight excluding hydrogens is 175 g/mol. The van der Waals surface area contributed by atoms with Gasteiger partial charge in [-0.25, -0.2) is 0 Å². The van der Waals surface area contributed by atoms with Crippen LogP contribution in [0.3, 0.4) is 0 Å². The molecule has 1 rings (SSSR count). The Balaban J connectivity index is 3.23. The van der Waals surface area contributed by atoms with E-state index >= 15 is 0 Å². The molecule has 14 heavy (non-hydrogen) atoms. The lowest BCUT2D eigenvalue weighted by atomic mass is 9.92. The van der Waals surface area contributed by atoms with Crippen molar-refractivity contribution in [2.45, 2.75) is 20.3 Å². The van der Waals surface area contributed by atoms with Crippen molar-refractivity contribution in [2.24, 2.45) is 0 Å². The van der Waals surface area contributed by atoms with E-state index in [0.717, 1.165) is 29.0 Å². The van der Waals surface area contributed by atoms with Gasteiger partial charge in [-0.15, -0.1) is 6.42 Å². The van der Waals surface area contributed by atoms with Crippen molar-refractivity contribution in [3.05, 3.63) is 40.8 Å². The molecule has 1 aromatic rings. The maximum atomic E-state index is 12.5. The summed E-state index contributed by atoms with van der Waals surface area (Å²) in [6.07, 6.45) is 6.22.